The number of nitrogens with one attached hydrogen (secondary N) is 1. The number of benzene rings is 1. The molecule has 1 rings (SSSR count). The Morgan fingerprint density at radius 1 is 1.43 bits per heavy atom. The summed E-state index contributed by atoms with van der Waals surface area (Å²) in [7, 11) is 3.88. The molecule has 1 aromatic rings. The first-order chi connectivity index (χ1) is 9.97. The molecule has 0 aliphatic rings. The Bertz CT molecular complexity index is 542. The van der Waals surface area contributed by atoms with Gasteiger partial charge in [0.25, 0.3) is 5.91 Å². The smallest absolute Gasteiger partial charge is 0.262 e. The average Bonchev–Trinajstić information content (AvgIpc) is 2.50. The summed E-state index contributed by atoms with van der Waals surface area (Å²) in [6.45, 7) is 1.97. The number of rotatable bonds is 6. The van der Waals surface area contributed by atoms with Crippen LogP contribution in [0.1, 0.15) is 18.9 Å². The lowest BCUT2D eigenvalue weighted by molar-refractivity contribution is -0.117. The zero-order valence-electron chi connectivity index (χ0n) is 12.6. The molecule has 0 saturated carbocycles. The van der Waals surface area contributed by atoms with E-state index in [1.165, 1.54) is 6.08 Å². The highest BCUT2D eigenvalue weighted by Gasteiger charge is 2.10. The normalized spacial score (nSPS) is 12.4. The van der Waals surface area contributed by atoms with Crippen molar-refractivity contribution in [2.45, 2.75) is 19.4 Å². The summed E-state index contributed by atoms with van der Waals surface area (Å²) in [4.78, 5) is 13.8. The molecule has 0 aliphatic heterocycles. The molecule has 0 spiro atoms. The van der Waals surface area contributed by atoms with Crippen LogP contribution in [-0.4, -0.2) is 37.8 Å². The van der Waals surface area contributed by atoms with E-state index >= 15 is 0 Å². The van der Waals surface area contributed by atoms with Gasteiger partial charge in [-0.25, -0.2) is 0 Å². The van der Waals surface area contributed by atoms with Gasteiger partial charge in [-0.1, -0.05) is 19.1 Å². The van der Waals surface area contributed by atoms with E-state index in [-0.39, 0.29) is 12.1 Å². The Labute approximate surface area is 125 Å². The third-order valence-corrected chi connectivity index (χ3v) is 3.06. The van der Waals surface area contributed by atoms with Crippen LogP contribution in [-0.2, 0) is 4.79 Å². The summed E-state index contributed by atoms with van der Waals surface area (Å²) < 4.78 is 0. The van der Waals surface area contributed by atoms with E-state index in [4.69, 9.17) is 5.26 Å². The molecule has 1 amide bonds. The minimum Gasteiger partial charge on any atom is -0.391 e. The molecule has 0 radical (unpaired) electrons. The van der Waals surface area contributed by atoms with Crippen molar-refractivity contribution in [2.75, 3.05) is 25.5 Å². The van der Waals surface area contributed by atoms with Crippen molar-refractivity contribution in [3.05, 3.63) is 35.4 Å². The van der Waals surface area contributed by atoms with Crippen LogP contribution in [0.15, 0.2) is 29.8 Å². The molecule has 0 bridgehead atoms. The molecule has 5 nitrogen and oxygen atoms in total. The fraction of sp³-hybridized carbons (Fsp3) is 0.375. The maximum absolute atomic E-state index is 11.9. The number of nitrogens with zero attached hydrogens (tertiary/aromatic N) is 2. The van der Waals surface area contributed by atoms with Crippen molar-refractivity contribution in [1.82, 2.24) is 5.32 Å². The summed E-state index contributed by atoms with van der Waals surface area (Å²) in [5.74, 6) is -0.471. The molecule has 1 aromatic carbocycles. The van der Waals surface area contributed by atoms with E-state index in [9.17, 15) is 9.90 Å². The number of anilines is 1. The van der Waals surface area contributed by atoms with Crippen LogP contribution >= 0.6 is 0 Å². The maximum atomic E-state index is 11.9. The third kappa shape index (κ3) is 5.28. The van der Waals surface area contributed by atoms with Gasteiger partial charge in [-0.05, 0) is 30.2 Å². The molecule has 2 N–H and O–H groups in total. The molecule has 1 atom stereocenters. The predicted molar refractivity (Wildman–Crippen MR) is 83.7 cm³/mol. The van der Waals surface area contributed by atoms with Crippen molar-refractivity contribution < 1.29 is 9.90 Å². The first-order valence-electron chi connectivity index (χ1n) is 6.83. The maximum Gasteiger partial charge on any atom is 0.262 e. The van der Waals surface area contributed by atoms with Crippen molar-refractivity contribution in [3.8, 4) is 6.07 Å². The second-order valence-corrected chi connectivity index (χ2v) is 4.93. The SMILES string of the molecule is CCC(O)CNC(=O)/C(C#N)=C/c1ccc(N(C)C)cc1. The Hall–Kier alpha value is -2.32. The van der Waals surface area contributed by atoms with Gasteiger partial charge in [-0.2, -0.15) is 5.26 Å². The van der Waals surface area contributed by atoms with Gasteiger partial charge >= 0.3 is 0 Å². The lowest BCUT2D eigenvalue weighted by Crippen LogP contribution is -2.32. The van der Waals surface area contributed by atoms with Crippen LogP contribution in [0.3, 0.4) is 0 Å². The van der Waals surface area contributed by atoms with Gasteiger partial charge in [0.05, 0.1) is 6.10 Å². The quantitative estimate of drug-likeness (QED) is 0.615. The number of aliphatic hydroxyl groups is 1. The van der Waals surface area contributed by atoms with Gasteiger partial charge in [-0.3, -0.25) is 4.79 Å². The number of carbonyl (C=O) groups is 1. The molecular formula is C16H21N3O2. The van der Waals surface area contributed by atoms with E-state index in [2.05, 4.69) is 5.32 Å². The monoisotopic (exact) mass is 287 g/mol. The zero-order chi connectivity index (χ0) is 15.8. The molecule has 5 heteroatoms. The average molecular weight is 287 g/mol. The summed E-state index contributed by atoms with van der Waals surface area (Å²) in [6, 6.07) is 9.42. The van der Waals surface area contributed by atoms with E-state index in [1.54, 1.807) is 0 Å². The van der Waals surface area contributed by atoms with Crippen LogP contribution in [0.5, 0.6) is 0 Å². The Morgan fingerprint density at radius 3 is 2.52 bits per heavy atom. The van der Waals surface area contributed by atoms with Crippen LogP contribution in [0.25, 0.3) is 6.08 Å². The molecule has 0 aromatic heterocycles. The number of amides is 1. The molecule has 0 saturated heterocycles. The fourth-order valence-corrected chi connectivity index (χ4v) is 1.63. The van der Waals surface area contributed by atoms with E-state index in [0.29, 0.717) is 6.42 Å². The van der Waals surface area contributed by atoms with Crippen LogP contribution in [0.2, 0.25) is 0 Å². The summed E-state index contributed by atoms with van der Waals surface area (Å²) in [5.41, 5.74) is 1.85. The molecule has 0 aliphatic carbocycles. The van der Waals surface area contributed by atoms with Crippen molar-refractivity contribution in [1.29, 1.82) is 5.26 Å². The van der Waals surface area contributed by atoms with Gasteiger partial charge in [0.15, 0.2) is 0 Å². The number of hydrogen-bond acceptors (Lipinski definition) is 4. The molecule has 112 valence electrons. The summed E-state index contributed by atoms with van der Waals surface area (Å²) in [6.07, 6.45) is 1.50. The van der Waals surface area contributed by atoms with Crippen LogP contribution < -0.4 is 10.2 Å². The Morgan fingerprint density at radius 2 is 2.05 bits per heavy atom. The van der Waals surface area contributed by atoms with Gasteiger partial charge in [0, 0.05) is 26.3 Å². The van der Waals surface area contributed by atoms with Crippen molar-refractivity contribution >= 4 is 17.7 Å². The Balaban J connectivity index is 2.79. The zero-order valence-corrected chi connectivity index (χ0v) is 12.6. The number of aliphatic hydroxyl groups excluding tert-OH is 1. The van der Waals surface area contributed by atoms with E-state index < -0.39 is 12.0 Å². The fourth-order valence-electron chi connectivity index (χ4n) is 1.63. The topological polar surface area (TPSA) is 76.4 Å². The van der Waals surface area contributed by atoms with E-state index in [0.717, 1.165) is 11.3 Å². The second kappa shape index (κ2) is 8.08. The van der Waals surface area contributed by atoms with Gasteiger partial charge in [0.1, 0.15) is 11.6 Å². The van der Waals surface area contributed by atoms with Gasteiger partial charge in [0.2, 0.25) is 0 Å². The van der Waals surface area contributed by atoms with Crippen LogP contribution in [0.4, 0.5) is 5.69 Å². The van der Waals surface area contributed by atoms with Crippen molar-refractivity contribution in [3.63, 3.8) is 0 Å². The first-order valence-corrected chi connectivity index (χ1v) is 6.83. The lowest BCUT2D eigenvalue weighted by Gasteiger charge is -2.12. The third-order valence-electron chi connectivity index (χ3n) is 3.06. The number of nitriles is 1. The van der Waals surface area contributed by atoms with E-state index in [1.807, 2.05) is 56.3 Å². The summed E-state index contributed by atoms with van der Waals surface area (Å²) >= 11 is 0. The second-order valence-electron chi connectivity index (χ2n) is 4.93. The highest BCUT2D eigenvalue weighted by molar-refractivity contribution is 6.01. The summed E-state index contributed by atoms with van der Waals surface area (Å²) in [5, 5.41) is 21.0. The minimum absolute atomic E-state index is 0.0240. The van der Waals surface area contributed by atoms with Gasteiger partial charge < -0.3 is 15.3 Å². The number of hydrogen-bond donors (Lipinski definition) is 2. The predicted octanol–water partition coefficient (Wildman–Crippen LogP) is 1.55. The highest BCUT2D eigenvalue weighted by Crippen LogP contribution is 2.14. The molecule has 0 fully saturated rings. The highest BCUT2D eigenvalue weighted by atomic mass is 16.3. The molecular weight excluding hydrogens is 266 g/mol. The van der Waals surface area contributed by atoms with Crippen molar-refractivity contribution in [2.24, 2.45) is 0 Å². The Kier molecular flexibility index (Phi) is 6.44. The van der Waals surface area contributed by atoms with Gasteiger partial charge in [-0.15, -0.1) is 0 Å². The number of carbonyl (C=O) groups excluding carboxylic acids is 1. The molecule has 0 heterocycles. The molecule has 21 heavy (non-hydrogen) atoms. The first kappa shape index (κ1) is 16.7. The lowest BCUT2D eigenvalue weighted by atomic mass is 10.1. The molecule has 1 unspecified atom stereocenters. The standard InChI is InChI=1S/C16H21N3O2/c1-4-15(20)11-18-16(21)13(10-17)9-12-5-7-14(8-6-12)19(2)3/h5-9,15,20H,4,11H2,1-3H3,(H,18,21)/b13-9+. The minimum atomic E-state index is -0.590. The van der Waals surface area contributed by atoms with Crippen LogP contribution in [0, 0.1) is 11.3 Å². The largest absolute Gasteiger partial charge is 0.391 e.